The predicted octanol–water partition coefficient (Wildman–Crippen LogP) is 4.05. The highest BCUT2D eigenvalue weighted by Gasteiger charge is 2.11. The average Bonchev–Trinajstić information content (AvgIpc) is 2.44. The van der Waals surface area contributed by atoms with Gasteiger partial charge in [0.05, 0.1) is 11.8 Å². The molecule has 0 unspecified atom stereocenters. The van der Waals surface area contributed by atoms with E-state index in [1.54, 1.807) is 30.3 Å². The highest BCUT2D eigenvalue weighted by atomic mass is 16.5. The van der Waals surface area contributed by atoms with Crippen molar-refractivity contribution in [3.8, 4) is 11.5 Å². The van der Waals surface area contributed by atoms with Crippen LogP contribution in [0, 0.1) is 13.8 Å². The number of ether oxygens (including phenoxy) is 1. The first-order chi connectivity index (χ1) is 10.4. The molecule has 0 aromatic heterocycles. The molecule has 1 amide bonds. The van der Waals surface area contributed by atoms with E-state index in [0.717, 1.165) is 11.1 Å². The summed E-state index contributed by atoms with van der Waals surface area (Å²) in [5.41, 5.74) is 2.87. The topological polar surface area (TPSA) is 58.6 Å². The molecule has 0 bridgehead atoms. The lowest BCUT2D eigenvalue weighted by Gasteiger charge is -2.12. The van der Waals surface area contributed by atoms with Gasteiger partial charge in [0.15, 0.2) is 0 Å². The van der Waals surface area contributed by atoms with E-state index in [4.69, 9.17) is 4.74 Å². The molecule has 0 aliphatic rings. The van der Waals surface area contributed by atoms with E-state index in [-0.39, 0.29) is 17.8 Å². The van der Waals surface area contributed by atoms with Gasteiger partial charge in [0, 0.05) is 5.56 Å². The van der Waals surface area contributed by atoms with Crippen molar-refractivity contribution in [1.82, 2.24) is 0 Å². The Bertz CT molecular complexity index is 693. The van der Waals surface area contributed by atoms with Crippen LogP contribution in [-0.2, 0) is 0 Å². The van der Waals surface area contributed by atoms with Crippen LogP contribution in [0.15, 0.2) is 36.4 Å². The number of aryl methyl sites for hydroxylation is 2. The van der Waals surface area contributed by atoms with Gasteiger partial charge in [0.2, 0.25) is 0 Å². The Morgan fingerprint density at radius 2 is 1.82 bits per heavy atom. The zero-order chi connectivity index (χ0) is 16.3. The molecule has 4 nitrogen and oxygen atoms in total. The minimum atomic E-state index is -0.284. The van der Waals surface area contributed by atoms with Crippen LogP contribution < -0.4 is 10.1 Å². The SMILES string of the molecule is Cc1cc(O)c(NC(=O)c2cccc(OC(C)C)c2)cc1C. The number of rotatable bonds is 4. The van der Waals surface area contributed by atoms with Crippen LogP contribution in [0.1, 0.15) is 35.3 Å². The fourth-order valence-corrected chi connectivity index (χ4v) is 2.08. The molecule has 0 saturated carbocycles. The number of nitrogens with one attached hydrogen (secondary N) is 1. The first kappa shape index (κ1) is 15.9. The van der Waals surface area contributed by atoms with Crippen LogP contribution in [-0.4, -0.2) is 17.1 Å². The number of phenols is 1. The quantitative estimate of drug-likeness (QED) is 0.837. The second-order valence-electron chi connectivity index (χ2n) is 5.60. The van der Waals surface area contributed by atoms with E-state index in [1.165, 1.54) is 0 Å². The maximum atomic E-state index is 12.3. The second-order valence-corrected chi connectivity index (χ2v) is 5.60. The van der Waals surface area contributed by atoms with Crippen molar-refractivity contribution in [2.24, 2.45) is 0 Å². The van der Waals surface area contributed by atoms with Crippen LogP contribution in [0.3, 0.4) is 0 Å². The summed E-state index contributed by atoms with van der Waals surface area (Å²) in [6.07, 6.45) is 0.0436. The first-order valence-electron chi connectivity index (χ1n) is 7.25. The van der Waals surface area contributed by atoms with E-state index < -0.39 is 0 Å². The Morgan fingerprint density at radius 3 is 2.50 bits per heavy atom. The van der Waals surface area contributed by atoms with Crippen molar-refractivity contribution in [3.63, 3.8) is 0 Å². The molecule has 0 aliphatic heterocycles. The zero-order valence-corrected chi connectivity index (χ0v) is 13.3. The summed E-state index contributed by atoms with van der Waals surface area (Å²) >= 11 is 0. The summed E-state index contributed by atoms with van der Waals surface area (Å²) in [4.78, 5) is 12.3. The van der Waals surface area contributed by atoms with Crippen molar-refractivity contribution in [3.05, 3.63) is 53.1 Å². The van der Waals surface area contributed by atoms with Gasteiger partial charge in [-0.1, -0.05) is 6.07 Å². The summed E-state index contributed by atoms with van der Waals surface area (Å²) in [5, 5.41) is 12.7. The monoisotopic (exact) mass is 299 g/mol. The summed E-state index contributed by atoms with van der Waals surface area (Å²) < 4.78 is 5.58. The van der Waals surface area contributed by atoms with Gasteiger partial charge in [-0.15, -0.1) is 0 Å². The maximum Gasteiger partial charge on any atom is 0.255 e. The van der Waals surface area contributed by atoms with E-state index in [2.05, 4.69) is 5.32 Å². The molecule has 0 fully saturated rings. The van der Waals surface area contributed by atoms with E-state index in [1.807, 2.05) is 33.8 Å². The fraction of sp³-hybridized carbons (Fsp3) is 0.278. The number of phenolic OH excluding ortho intramolecular Hbond substituents is 1. The summed E-state index contributed by atoms with van der Waals surface area (Å²) in [7, 11) is 0. The minimum Gasteiger partial charge on any atom is -0.506 e. The van der Waals surface area contributed by atoms with Crippen molar-refractivity contribution < 1.29 is 14.6 Å². The molecule has 2 aromatic rings. The van der Waals surface area contributed by atoms with Crippen LogP contribution in [0.2, 0.25) is 0 Å². The molecular weight excluding hydrogens is 278 g/mol. The van der Waals surface area contributed by atoms with Crippen molar-refractivity contribution in [2.75, 3.05) is 5.32 Å². The lowest BCUT2D eigenvalue weighted by Crippen LogP contribution is -2.13. The Balaban J connectivity index is 2.21. The number of hydrogen-bond acceptors (Lipinski definition) is 3. The summed E-state index contributed by atoms with van der Waals surface area (Å²) in [6, 6.07) is 10.4. The van der Waals surface area contributed by atoms with Gasteiger partial charge < -0.3 is 15.2 Å². The number of amides is 1. The first-order valence-corrected chi connectivity index (χ1v) is 7.25. The molecule has 0 saturated heterocycles. The van der Waals surface area contributed by atoms with Gasteiger partial charge in [-0.3, -0.25) is 4.79 Å². The molecule has 0 atom stereocenters. The van der Waals surface area contributed by atoms with Crippen molar-refractivity contribution in [2.45, 2.75) is 33.8 Å². The van der Waals surface area contributed by atoms with Crippen LogP contribution in [0.5, 0.6) is 11.5 Å². The van der Waals surface area contributed by atoms with Gasteiger partial charge in [0.25, 0.3) is 5.91 Å². The predicted molar refractivity (Wildman–Crippen MR) is 87.7 cm³/mol. The number of hydrogen-bond donors (Lipinski definition) is 2. The second kappa shape index (κ2) is 6.52. The zero-order valence-electron chi connectivity index (χ0n) is 13.3. The molecule has 0 heterocycles. The lowest BCUT2D eigenvalue weighted by atomic mass is 10.1. The highest BCUT2D eigenvalue weighted by Crippen LogP contribution is 2.27. The van der Waals surface area contributed by atoms with Crippen molar-refractivity contribution >= 4 is 11.6 Å². The maximum absolute atomic E-state index is 12.3. The molecule has 2 rings (SSSR count). The molecule has 0 radical (unpaired) electrons. The van der Waals surface area contributed by atoms with Crippen LogP contribution in [0.25, 0.3) is 0 Å². The molecule has 2 N–H and O–H groups in total. The molecule has 0 spiro atoms. The van der Waals surface area contributed by atoms with Crippen LogP contribution >= 0.6 is 0 Å². The average molecular weight is 299 g/mol. The number of carbonyl (C=O) groups is 1. The van der Waals surface area contributed by atoms with E-state index in [9.17, 15) is 9.90 Å². The largest absolute Gasteiger partial charge is 0.506 e. The standard InChI is InChI=1S/C18H21NO3/c1-11(2)22-15-7-5-6-14(10-15)18(21)19-16-8-12(3)13(4)9-17(16)20/h5-11,20H,1-4H3,(H,19,21). The van der Waals surface area contributed by atoms with E-state index >= 15 is 0 Å². The van der Waals surface area contributed by atoms with Crippen molar-refractivity contribution in [1.29, 1.82) is 0 Å². The van der Waals surface area contributed by atoms with Gasteiger partial charge in [-0.05, 0) is 69.2 Å². The van der Waals surface area contributed by atoms with Gasteiger partial charge in [-0.25, -0.2) is 0 Å². The molecule has 4 heteroatoms. The smallest absolute Gasteiger partial charge is 0.255 e. The Hall–Kier alpha value is -2.49. The molecule has 22 heavy (non-hydrogen) atoms. The number of carbonyl (C=O) groups excluding carboxylic acids is 1. The number of benzene rings is 2. The molecule has 116 valence electrons. The normalized spacial score (nSPS) is 10.6. The molecular formula is C18H21NO3. The third-order valence-electron chi connectivity index (χ3n) is 3.33. The van der Waals surface area contributed by atoms with Gasteiger partial charge in [0.1, 0.15) is 11.5 Å². The molecule has 0 aliphatic carbocycles. The third kappa shape index (κ3) is 3.79. The highest BCUT2D eigenvalue weighted by molar-refractivity contribution is 6.05. The number of anilines is 1. The summed E-state index contributed by atoms with van der Waals surface area (Å²) in [5.74, 6) is 0.422. The fourth-order valence-electron chi connectivity index (χ4n) is 2.08. The Kier molecular flexibility index (Phi) is 4.71. The van der Waals surface area contributed by atoms with Crippen LogP contribution in [0.4, 0.5) is 5.69 Å². The Labute approximate surface area is 130 Å². The van der Waals surface area contributed by atoms with Gasteiger partial charge >= 0.3 is 0 Å². The Morgan fingerprint density at radius 1 is 1.14 bits per heavy atom. The van der Waals surface area contributed by atoms with E-state index in [0.29, 0.717) is 17.0 Å². The van der Waals surface area contributed by atoms with Gasteiger partial charge in [-0.2, -0.15) is 0 Å². The number of aromatic hydroxyl groups is 1. The minimum absolute atomic E-state index is 0.0436. The summed E-state index contributed by atoms with van der Waals surface area (Å²) in [6.45, 7) is 7.70. The lowest BCUT2D eigenvalue weighted by molar-refractivity contribution is 0.102. The third-order valence-corrected chi connectivity index (χ3v) is 3.33. The molecule has 2 aromatic carbocycles.